The average molecular weight is 478 g/mol. The number of benzene rings is 2. The number of carboxylic acids is 1. The highest BCUT2D eigenvalue weighted by Gasteiger charge is 2.21. The number of amides is 1. The molecule has 1 N–H and O–H groups in total. The molecule has 0 aliphatic carbocycles. The van der Waals surface area contributed by atoms with E-state index in [0.717, 1.165) is 37.6 Å². The second-order valence-corrected chi connectivity index (χ2v) is 9.57. The maximum atomic E-state index is 12.6. The minimum absolute atomic E-state index is 0.000723. The van der Waals surface area contributed by atoms with Crippen LogP contribution in [0.3, 0.4) is 0 Å². The normalized spacial score (nSPS) is 11.7. The third-order valence-corrected chi connectivity index (χ3v) is 7.13. The van der Waals surface area contributed by atoms with Crippen molar-refractivity contribution in [3.05, 3.63) is 69.7 Å². The quantitative estimate of drug-likeness (QED) is 0.330. The lowest BCUT2D eigenvalue weighted by molar-refractivity contribution is -0.136. The number of para-hydroxylation sites is 2. The molecule has 2 aromatic heterocycles. The minimum Gasteiger partial charge on any atom is -0.481 e. The molecule has 0 saturated carbocycles. The molecule has 0 aliphatic heterocycles. The van der Waals surface area contributed by atoms with Crippen molar-refractivity contribution in [1.82, 2.24) is 9.97 Å². The van der Waals surface area contributed by atoms with E-state index in [1.165, 1.54) is 29.6 Å². The van der Waals surface area contributed by atoms with Crippen molar-refractivity contribution < 1.29 is 14.7 Å². The molecule has 1 amide bonds. The Hall–Kier alpha value is -3.36. The van der Waals surface area contributed by atoms with E-state index in [-0.39, 0.29) is 12.3 Å². The van der Waals surface area contributed by atoms with Gasteiger partial charge < -0.3 is 5.11 Å². The summed E-state index contributed by atoms with van der Waals surface area (Å²) >= 11 is 2.91. The van der Waals surface area contributed by atoms with E-state index in [1.54, 1.807) is 4.90 Å². The van der Waals surface area contributed by atoms with Crippen molar-refractivity contribution in [2.45, 2.75) is 33.6 Å². The number of anilines is 2. The summed E-state index contributed by atoms with van der Waals surface area (Å²) in [5.74, 6) is -0.978. The van der Waals surface area contributed by atoms with E-state index in [4.69, 9.17) is 9.97 Å². The largest absolute Gasteiger partial charge is 0.481 e. The second kappa shape index (κ2) is 9.64. The molecule has 168 valence electrons. The van der Waals surface area contributed by atoms with Gasteiger partial charge in [-0.1, -0.05) is 30.3 Å². The molecule has 4 aromatic rings. The third kappa shape index (κ3) is 5.02. The third-order valence-electron chi connectivity index (χ3n) is 5.18. The summed E-state index contributed by atoms with van der Waals surface area (Å²) in [6.07, 6.45) is 2.22. The van der Waals surface area contributed by atoms with E-state index < -0.39 is 5.97 Å². The first-order valence-corrected chi connectivity index (χ1v) is 12.1. The molecular formula is C25H23N3O3S2. The molecule has 0 fully saturated rings. The maximum absolute atomic E-state index is 12.6. The summed E-state index contributed by atoms with van der Waals surface area (Å²) in [5, 5.41) is 12.5. The first-order valence-electron chi connectivity index (χ1n) is 10.4. The topological polar surface area (TPSA) is 83.4 Å². The summed E-state index contributed by atoms with van der Waals surface area (Å²) < 4.78 is 1.05. The van der Waals surface area contributed by atoms with Crippen LogP contribution < -0.4 is 4.90 Å². The molecule has 6 nitrogen and oxygen atoms in total. The Labute approximate surface area is 199 Å². The van der Waals surface area contributed by atoms with Gasteiger partial charge in [-0.15, -0.1) is 22.7 Å². The molecule has 2 aromatic carbocycles. The monoisotopic (exact) mass is 477 g/mol. The van der Waals surface area contributed by atoms with E-state index >= 15 is 0 Å². The number of aliphatic carboxylic acids is 1. The zero-order valence-corrected chi connectivity index (χ0v) is 20.2. The van der Waals surface area contributed by atoms with Gasteiger partial charge in [-0.05, 0) is 55.2 Å². The number of hydrogen-bond acceptors (Lipinski definition) is 6. The Morgan fingerprint density at radius 3 is 2.42 bits per heavy atom. The number of aryl methyl sites for hydroxylation is 2. The summed E-state index contributed by atoms with van der Waals surface area (Å²) in [4.78, 5) is 34.9. The molecule has 8 heteroatoms. The standard InChI is InChI=1S/C25H23N3O3S2/c1-15-7-6-8-16(2)23(15)28(17(3)29)25-26-19(14-32-25)13-18(11-12-22(30)31)24-27-20-9-4-5-10-21(20)33-24/h4-10,13-14H,11-12H2,1-3H3,(H,30,31)/b18-13+. The SMILES string of the molecule is CC(=O)N(c1nc(/C=C(\CCC(=O)O)c2nc3ccccc3s2)cs1)c1c(C)cccc1C. The van der Waals surface area contributed by atoms with Crippen LogP contribution in [0.1, 0.15) is 41.6 Å². The van der Waals surface area contributed by atoms with Gasteiger partial charge in [-0.3, -0.25) is 14.5 Å². The van der Waals surface area contributed by atoms with Crippen LogP contribution in [0.5, 0.6) is 0 Å². The van der Waals surface area contributed by atoms with Gasteiger partial charge in [0.2, 0.25) is 5.91 Å². The smallest absolute Gasteiger partial charge is 0.303 e. The fourth-order valence-corrected chi connectivity index (χ4v) is 5.50. The lowest BCUT2D eigenvalue weighted by Gasteiger charge is -2.22. The van der Waals surface area contributed by atoms with Crippen LogP contribution >= 0.6 is 22.7 Å². The summed E-state index contributed by atoms with van der Waals surface area (Å²) in [5.41, 5.74) is 5.20. The van der Waals surface area contributed by atoms with Crippen molar-refractivity contribution in [2.24, 2.45) is 0 Å². The van der Waals surface area contributed by atoms with Crippen molar-refractivity contribution in [3.8, 4) is 0 Å². The van der Waals surface area contributed by atoms with Crippen LogP contribution in [-0.2, 0) is 9.59 Å². The lowest BCUT2D eigenvalue weighted by atomic mass is 10.1. The number of nitrogens with zero attached hydrogens (tertiary/aromatic N) is 3. The summed E-state index contributed by atoms with van der Waals surface area (Å²) in [6, 6.07) is 13.8. The number of carbonyl (C=O) groups is 2. The molecule has 0 saturated heterocycles. The molecular weight excluding hydrogens is 454 g/mol. The average Bonchev–Trinajstić information content (AvgIpc) is 3.40. The van der Waals surface area contributed by atoms with Crippen LogP contribution in [-0.4, -0.2) is 27.0 Å². The Bertz CT molecular complexity index is 1320. The van der Waals surface area contributed by atoms with E-state index in [9.17, 15) is 14.7 Å². The molecule has 0 radical (unpaired) electrons. The van der Waals surface area contributed by atoms with Gasteiger partial charge >= 0.3 is 5.97 Å². The molecule has 4 rings (SSSR count). The number of rotatable bonds is 7. The molecule has 33 heavy (non-hydrogen) atoms. The van der Waals surface area contributed by atoms with Crippen LogP contribution in [0.25, 0.3) is 21.9 Å². The number of carbonyl (C=O) groups excluding carboxylic acids is 1. The second-order valence-electron chi connectivity index (χ2n) is 7.70. The Kier molecular flexibility index (Phi) is 6.67. The van der Waals surface area contributed by atoms with Gasteiger partial charge in [0.25, 0.3) is 0 Å². The van der Waals surface area contributed by atoms with Gasteiger partial charge in [0.05, 0.1) is 21.6 Å². The number of thiazole rings is 2. The van der Waals surface area contributed by atoms with Crippen molar-refractivity contribution >= 4 is 67.2 Å². The predicted octanol–water partition coefficient (Wildman–Crippen LogP) is 6.46. The Morgan fingerprint density at radius 2 is 1.76 bits per heavy atom. The van der Waals surface area contributed by atoms with Crippen molar-refractivity contribution in [3.63, 3.8) is 0 Å². The van der Waals surface area contributed by atoms with E-state index in [0.29, 0.717) is 17.2 Å². The van der Waals surface area contributed by atoms with Gasteiger partial charge in [-0.25, -0.2) is 9.97 Å². The molecule has 0 unspecified atom stereocenters. The number of allylic oxidation sites excluding steroid dienone is 1. The molecule has 0 spiro atoms. The fourth-order valence-electron chi connectivity index (χ4n) is 3.66. The van der Waals surface area contributed by atoms with Crippen LogP contribution in [0.15, 0.2) is 47.8 Å². The van der Waals surface area contributed by atoms with Gasteiger partial charge in [0.15, 0.2) is 5.13 Å². The fraction of sp³-hybridized carbons (Fsp3) is 0.200. The highest BCUT2D eigenvalue weighted by atomic mass is 32.1. The van der Waals surface area contributed by atoms with Crippen LogP contribution in [0, 0.1) is 13.8 Å². The first kappa shape index (κ1) is 22.8. The van der Waals surface area contributed by atoms with Gasteiger partial charge in [0, 0.05) is 18.7 Å². The zero-order valence-electron chi connectivity index (χ0n) is 18.5. The van der Waals surface area contributed by atoms with Crippen molar-refractivity contribution in [2.75, 3.05) is 4.90 Å². The summed E-state index contributed by atoms with van der Waals surface area (Å²) in [6.45, 7) is 5.48. The highest BCUT2D eigenvalue weighted by molar-refractivity contribution is 7.19. The minimum atomic E-state index is -0.862. The first-order chi connectivity index (χ1) is 15.8. The maximum Gasteiger partial charge on any atom is 0.303 e. The summed E-state index contributed by atoms with van der Waals surface area (Å²) in [7, 11) is 0. The Morgan fingerprint density at radius 1 is 1.03 bits per heavy atom. The predicted molar refractivity (Wildman–Crippen MR) is 135 cm³/mol. The Balaban J connectivity index is 1.74. The van der Waals surface area contributed by atoms with Gasteiger partial charge in [0.1, 0.15) is 5.01 Å². The number of carboxylic acid groups (broad SMARTS) is 1. The van der Waals surface area contributed by atoms with Gasteiger partial charge in [-0.2, -0.15) is 0 Å². The number of fused-ring (bicyclic) bond motifs is 1. The highest BCUT2D eigenvalue weighted by Crippen LogP contribution is 2.35. The van der Waals surface area contributed by atoms with E-state index in [2.05, 4.69) is 0 Å². The molecule has 2 heterocycles. The number of hydrogen-bond donors (Lipinski definition) is 1. The molecule has 0 atom stereocenters. The van der Waals surface area contributed by atoms with Crippen molar-refractivity contribution in [1.29, 1.82) is 0 Å². The zero-order chi connectivity index (χ0) is 23.5. The molecule has 0 bridgehead atoms. The lowest BCUT2D eigenvalue weighted by Crippen LogP contribution is -2.24. The molecule has 0 aliphatic rings. The van der Waals surface area contributed by atoms with E-state index in [1.807, 2.05) is 67.8 Å². The number of aromatic nitrogens is 2. The van der Waals surface area contributed by atoms with Crippen LogP contribution in [0.4, 0.5) is 10.8 Å². The van der Waals surface area contributed by atoms with Crippen LogP contribution in [0.2, 0.25) is 0 Å².